The van der Waals surface area contributed by atoms with Gasteiger partial charge in [-0.2, -0.15) is 0 Å². The van der Waals surface area contributed by atoms with Crippen LogP contribution in [0.25, 0.3) is 0 Å². The topological polar surface area (TPSA) is 33.1 Å². The van der Waals surface area contributed by atoms with Gasteiger partial charge in [-0.3, -0.25) is 0 Å². The molecule has 0 fully saturated rings. The molecular weight excluding hydrogens is 218 g/mol. The molecule has 0 spiro atoms. The molecule has 1 aromatic carbocycles. The fourth-order valence-electron chi connectivity index (χ4n) is 1.64. The molecule has 84 valence electrons. The lowest BCUT2D eigenvalue weighted by atomic mass is 10.0. The molecule has 0 saturated heterocycles. The maximum atomic E-state index is 9.97. The van der Waals surface area contributed by atoms with Gasteiger partial charge in [-0.15, -0.1) is 11.3 Å². The van der Waals surface area contributed by atoms with Crippen LogP contribution in [0.1, 0.15) is 28.5 Å². The van der Waals surface area contributed by atoms with Gasteiger partial charge in [0.05, 0.1) is 11.2 Å². The predicted octanol–water partition coefficient (Wildman–Crippen LogP) is 3.04. The van der Waals surface area contributed by atoms with E-state index in [-0.39, 0.29) is 0 Å². The second kappa shape index (κ2) is 4.76. The molecule has 2 aromatic rings. The van der Waals surface area contributed by atoms with Crippen LogP contribution >= 0.6 is 11.3 Å². The number of hydrogen-bond donors (Lipinski definition) is 1. The Morgan fingerprint density at radius 3 is 2.75 bits per heavy atom. The third kappa shape index (κ3) is 2.49. The number of thiazole rings is 1. The Bertz CT molecular complexity index is 465. The number of aliphatic hydroxyl groups excluding tert-OH is 1. The highest BCUT2D eigenvalue weighted by molar-refractivity contribution is 7.07. The van der Waals surface area contributed by atoms with Gasteiger partial charge in [0.15, 0.2) is 0 Å². The number of hydrogen-bond acceptors (Lipinski definition) is 3. The smallest absolute Gasteiger partial charge is 0.101 e. The first kappa shape index (κ1) is 11.3. The van der Waals surface area contributed by atoms with Gasteiger partial charge < -0.3 is 5.11 Å². The number of aromatic nitrogens is 1. The lowest BCUT2D eigenvalue weighted by Gasteiger charge is -2.09. The highest BCUT2D eigenvalue weighted by Crippen LogP contribution is 2.19. The SMILES string of the molecule is Cc1ccc(CC(O)c2cscn2)cc1C. The molecule has 1 N–H and O–H groups in total. The van der Waals surface area contributed by atoms with Gasteiger partial charge in [-0.1, -0.05) is 18.2 Å². The summed E-state index contributed by atoms with van der Waals surface area (Å²) in [5.41, 5.74) is 6.22. The standard InChI is InChI=1S/C13H15NOS/c1-9-3-4-11(5-10(9)2)6-13(15)12-7-16-8-14-12/h3-5,7-8,13,15H,6H2,1-2H3. The van der Waals surface area contributed by atoms with E-state index in [1.54, 1.807) is 5.51 Å². The van der Waals surface area contributed by atoms with E-state index in [2.05, 4.69) is 37.0 Å². The van der Waals surface area contributed by atoms with Gasteiger partial charge in [0.2, 0.25) is 0 Å². The summed E-state index contributed by atoms with van der Waals surface area (Å²) in [7, 11) is 0. The van der Waals surface area contributed by atoms with Crippen LogP contribution in [-0.4, -0.2) is 10.1 Å². The van der Waals surface area contributed by atoms with Crippen LogP contribution in [0.4, 0.5) is 0 Å². The van der Waals surface area contributed by atoms with Crippen molar-refractivity contribution in [2.75, 3.05) is 0 Å². The second-order valence-electron chi connectivity index (χ2n) is 4.05. The fraction of sp³-hybridized carbons (Fsp3) is 0.308. The normalized spacial score (nSPS) is 12.7. The summed E-state index contributed by atoms with van der Waals surface area (Å²) >= 11 is 1.51. The van der Waals surface area contributed by atoms with E-state index in [1.165, 1.54) is 22.5 Å². The molecule has 1 heterocycles. The van der Waals surface area contributed by atoms with Crippen LogP contribution in [0.5, 0.6) is 0 Å². The summed E-state index contributed by atoms with van der Waals surface area (Å²) < 4.78 is 0. The lowest BCUT2D eigenvalue weighted by molar-refractivity contribution is 0.174. The minimum Gasteiger partial charge on any atom is -0.386 e. The van der Waals surface area contributed by atoms with Crippen molar-refractivity contribution in [2.24, 2.45) is 0 Å². The van der Waals surface area contributed by atoms with Gasteiger partial charge in [0, 0.05) is 11.8 Å². The molecule has 0 bridgehead atoms. The summed E-state index contributed by atoms with van der Waals surface area (Å²) in [5.74, 6) is 0. The Hall–Kier alpha value is -1.19. The monoisotopic (exact) mass is 233 g/mol. The first-order valence-corrected chi connectivity index (χ1v) is 6.23. The molecule has 0 amide bonds. The lowest BCUT2D eigenvalue weighted by Crippen LogP contribution is -2.02. The molecule has 3 heteroatoms. The van der Waals surface area contributed by atoms with Gasteiger partial charge in [-0.25, -0.2) is 4.98 Å². The summed E-state index contributed by atoms with van der Waals surface area (Å²) in [6, 6.07) is 6.29. The van der Waals surface area contributed by atoms with E-state index in [0.29, 0.717) is 6.42 Å². The molecule has 1 unspecified atom stereocenters. The zero-order valence-corrected chi connectivity index (χ0v) is 10.3. The molecule has 1 aromatic heterocycles. The molecular formula is C13H15NOS. The third-order valence-corrected chi connectivity index (χ3v) is 3.40. The molecule has 2 rings (SSSR count). The number of aryl methyl sites for hydroxylation is 2. The van der Waals surface area contributed by atoms with E-state index >= 15 is 0 Å². The first-order chi connectivity index (χ1) is 7.66. The Morgan fingerprint density at radius 1 is 1.31 bits per heavy atom. The minimum atomic E-state index is -0.492. The van der Waals surface area contributed by atoms with Gasteiger partial charge in [0.25, 0.3) is 0 Å². The van der Waals surface area contributed by atoms with Crippen LogP contribution in [0.2, 0.25) is 0 Å². The largest absolute Gasteiger partial charge is 0.386 e. The van der Waals surface area contributed by atoms with Crippen molar-refractivity contribution in [1.29, 1.82) is 0 Å². The maximum absolute atomic E-state index is 9.97. The van der Waals surface area contributed by atoms with Crippen molar-refractivity contribution in [2.45, 2.75) is 26.4 Å². The van der Waals surface area contributed by atoms with Crippen LogP contribution in [0, 0.1) is 13.8 Å². The van der Waals surface area contributed by atoms with Gasteiger partial charge >= 0.3 is 0 Å². The Kier molecular flexibility index (Phi) is 3.36. The molecule has 0 saturated carbocycles. The maximum Gasteiger partial charge on any atom is 0.101 e. The van der Waals surface area contributed by atoms with E-state index < -0.39 is 6.10 Å². The number of benzene rings is 1. The average molecular weight is 233 g/mol. The number of aliphatic hydroxyl groups is 1. The molecule has 2 nitrogen and oxygen atoms in total. The molecule has 16 heavy (non-hydrogen) atoms. The van der Waals surface area contributed by atoms with Crippen LogP contribution in [0.15, 0.2) is 29.1 Å². The zero-order chi connectivity index (χ0) is 11.5. The van der Waals surface area contributed by atoms with Gasteiger partial charge in [0.1, 0.15) is 6.10 Å². The summed E-state index contributed by atoms with van der Waals surface area (Å²) in [6.07, 6.45) is 0.138. The molecule has 1 atom stereocenters. The third-order valence-electron chi connectivity index (χ3n) is 2.79. The van der Waals surface area contributed by atoms with Crippen LogP contribution < -0.4 is 0 Å². The minimum absolute atomic E-state index is 0.492. The van der Waals surface area contributed by atoms with Gasteiger partial charge in [-0.05, 0) is 30.5 Å². The van der Waals surface area contributed by atoms with Crippen molar-refractivity contribution in [3.63, 3.8) is 0 Å². The van der Waals surface area contributed by atoms with Crippen molar-refractivity contribution in [3.8, 4) is 0 Å². The molecule has 0 aliphatic rings. The number of nitrogens with zero attached hydrogens (tertiary/aromatic N) is 1. The van der Waals surface area contributed by atoms with Crippen molar-refractivity contribution < 1.29 is 5.11 Å². The van der Waals surface area contributed by atoms with Crippen molar-refractivity contribution in [3.05, 3.63) is 51.5 Å². The summed E-state index contributed by atoms with van der Waals surface area (Å²) in [5, 5.41) is 11.9. The average Bonchev–Trinajstić information content (AvgIpc) is 2.77. The van der Waals surface area contributed by atoms with Crippen LogP contribution in [0.3, 0.4) is 0 Å². The Balaban J connectivity index is 2.12. The zero-order valence-electron chi connectivity index (χ0n) is 9.47. The Labute approximate surface area is 99.6 Å². The highest BCUT2D eigenvalue weighted by Gasteiger charge is 2.10. The van der Waals surface area contributed by atoms with Crippen LogP contribution in [-0.2, 0) is 6.42 Å². The Morgan fingerprint density at radius 2 is 2.12 bits per heavy atom. The highest BCUT2D eigenvalue weighted by atomic mass is 32.1. The summed E-state index contributed by atoms with van der Waals surface area (Å²) in [6.45, 7) is 4.18. The predicted molar refractivity (Wildman–Crippen MR) is 66.7 cm³/mol. The second-order valence-corrected chi connectivity index (χ2v) is 4.77. The molecule has 0 radical (unpaired) electrons. The van der Waals surface area contributed by atoms with Crippen molar-refractivity contribution >= 4 is 11.3 Å². The quantitative estimate of drug-likeness (QED) is 0.884. The van der Waals surface area contributed by atoms with E-state index in [1.807, 2.05) is 5.38 Å². The van der Waals surface area contributed by atoms with E-state index in [9.17, 15) is 5.11 Å². The fourth-order valence-corrected chi connectivity index (χ4v) is 2.25. The summed E-state index contributed by atoms with van der Waals surface area (Å²) in [4.78, 5) is 4.12. The first-order valence-electron chi connectivity index (χ1n) is 5.29. The molecule has 0 aliphatic heterocycles. The van der Waals surface area contributed by atoms with E-state index in [4.69, 9.17) is 0 Å². The number of rotatable bonds is 3. The van der Waals surface area contributed by atoms with Crippen molar-refractivity contribution in [1.82, 2.24) is 4.98 Å². The molecule has 0 aliphatic carbocycles. The van der Waals surface area contributed by atoms with E-state index in [0.717, 1.165) is 11.3 Å².